The predicted octanol–water partition coefficient (Wildman–Crippen LogP) is 5.33. The van der Waals surface area contributed by atoms with Crippen molar-refractivity contribution in [1.29, 1.82) is 0 Å². The Morgan fingerprint density at radius 3 is 2.48 bits per heavy atom. The maximum atomic E-state index is 12.5. The molecule has 2 saturated heterocycles. The Labute approximate surface area is 309 Å². The topological polar surface area (TPSA) is 187 Å². The molecule has 0 spiro atoms. The molecule has 2 aromatic carbocycles. The van der Waals surface area contributed by atoms with E-state index in [0.717, 1.165) is 49.8 Å². The zero-order chi connectivity index (χ0) is 36.6. The highest BCUT2D eigenvalue weighted by Gasteiger charge is 2.42. The number of hydrogen-bond acceptors (Lipinski definition) is 9. The highest BCUT2D eigenvalue weighted by molar-refractivity contribution is 8.00. The normalized spacial score (nSPS) is 17.8. The van der Waals surface area contributed by atoms with Crippen molar-refractivity contribution in [2.45, 2.75) is 68.0 Å². The zero-order valence-electron chi connectivity index (χ0n) is 28.6. The average molecular weight is 747 g/mol. The fraction of sp³-hybridized carbons (Fsp3) is 0.395. The summed E-state index contributed by atoms with van der Waals surface area (Å²) in [5.41, 5.74) is 2.48. The monoisotopic (exact) mass is 746 g/mol. The van der Waals surface area contributed by atoms with Gasteiger partial charge in [0.15, 0.2) is 5.43 Å². The van der Waals surface area contributed by atoms with E-state index in [4.69, 9.17) is 4.42 Å². The van der Waals surface area contributed by atoms with Crippen molar-refractivity contribution >= 4 is 58.3 Å². The second kappa shape index (κ2) is 17.2. The Hall–Kier alpha value is -4.69. The SMILES string of the molecule is O=C(CCCC[C@@H]1SC[C@@H]2NC(=O)N[C@@H]21)NCCCCCNC(=O)CSCc1ccc(-c2c3ccc(=O)cc-3oc3cc(O)ccc23)c(C(=O)O)c1. The second-order valence-corrected chi connectivity index (χ2v) is 15.4. The Morgan fingerprint density at radius 2 is 1.67 bits per heavy atom. The average Bonchev–Trinajstić information content (AvgIpc) is 3.67. The van der Waals surface area contributed by atoms with Crippen LogP contribution in [0.15, 0.2) is 63.8 Å². The van der Waals surface area contributed by atoms with E-state index in [1.54, 1.807) is 24.3 Å². The van der Waals surface area contributed by atoms with Crippen LogP contribution < -0.4 is 26.7 Å². The Kier molecular flexibility index (Phi) is 12.3. The summed E-state index contributed by atoms with van der Waals surface area (Å²) in [6.07, 6.45) is 5.78. The molecule has 0 saturated carbocycles. The lowest BCUT2D eigenvalue weighted by Gasteiger charge is -2.17. The number of carboxylic acid groups (broad SMARTS) is 1. The van der Waals surface area contributed by atoms with Crippen molar-refractivity contribution < 1.29 is 33.8 Å². The van der Waals surface area contributed by atoms with E-state index in [1.807, 2.05) is 17.8 Å². The molecule has 3 aliphatic heterocycles. The molecule has 4 aliphatic rings. The van der Waals surface area contributed by atoms with Crippen molar-refractivity contribution in [3.05, 3.63) is 75.9 Å². The fourth-order valence-corrected chi connectivity index (χ4v) is 9.13. The van der Waals surface area contributed by atoms with Crippen molar-refractivity contribution in [2.24, 2.45) is 0 Å². The Bertz CT molecular complexity index is 1980. The number of amides is 4. The van der Waals surface area contributed by atoms with Gasteiger partial charge in [-0.2, -0.15) is 11.8 Å². The van der Waals surface area contributed by atoms with Crippen LogP contribution in [0.4, 0.5) is 4.79 Å². The summed E-state index contributed by atoms with van der Waals surface area (Å²) in [5, 5.41) is 33.1. The first-order valence-electron chi connectivity index (χ1n) is 17.5. The van der Waals surface area contributed by atoms with E-state index in [2.05, 4.69) is 21.3 Å². The van der Waals surface area contributed by atoms with Gasteiger partial charge in [-0.3, -0.25) is 14.4 Å². The molecular weight excluding hydrogens is 705 g/mol. The van der Waals surface area contributed by atoms with Crippen molar-refractivity contribution in [1.82, 2.24) is 21.3 Å². The third-order valence-electron chi connectivity index (χ3n) is 9.34. The van der Waals surface area contributed by atoms with Crippen LogP contribution in [0.25, 0.3) is 33.4 Å². The minimum Gasteiger partial charge on any atom is -0.508 e. The second-order valence-electron chi connectivity index (χ2n) is 13.1. The molecule has 52 heavy (non-hydrogen) atoms. The third kappa shape index (κ3) is 9.20. The number of rotatable bonds is 17. The maximum absolute atomic E-state index is 12.5. The van der Waals surface area contributed by atoms with Gasteiger partial charge in [0, 0.05) is 64.9 Å². The van der Waals surface area contributed by atoms with Crippen LogP contribution in [-0.2, 0) is 15.3 Å². The molecule has 12 nitrogen and oxygen atoms in total. The molecule has 2 fully saturated rings. The van der Waals surface area contributed by atoms with Gasteiger partial charge in [0.05, 0.1) is 23.4 Å². The van der Waals surface area contributed by atoms with Gasteiger partial charge in [0.25, 0.3) is 0 Å². The smallest absolute Gasteiger partial charge is 0.336 e. The first-order valence-corrected chi connectivity index (χ1v) is 19.7. The molecule has 14 heteroatoms. The van der Waals surface area contributed by atoms with Crippen LogP contribution in [0.5, 0.6) is 5.75 Å². The van der Waals surface area contributed by atoms with E-state index in [-0.39, 0.29) is 58.2 Å². The standard InChI is InChI=1S/C38H42N4O8S2/c43-23-9-12-26-30(17-23)50-31-18-24(44)10-13-27(31)35(26)25-11-8-22(16-28(25)37(47)48)19-51-21-34(46)40-15-5-1-4-14-39-33(45)7-3-2-6-32-36-29(20-52-32)41-38(49)42-36/h8-13,16-18,29,32,36,43H,1-7,14-15,19-21H2,(H,39,45)(H,40,46)(H,47,48)(H2,41,42,49)/t29-,32-,36-/m0/s1. The molecule has 0 aromatic heterocycles. The molecule has 1 aliphatic carbocycles. The number of benzene rings is 3. The van der Waals surface area contributed by atoms with Gasteiger partial charge >= 0.3 is 12.0 Å². The van der Waals surface area contributed by atoms with Crippen LogP contribution in [0.3, 0.4) is 0 Å². The van der Waals surface area contributed by atoms with Crippen molar-refractivity contribution in [2.75, 3.05) is 24.6 Å². The largest absolute Gasteiger partial charge is 0.508 e. The highest BCUT2D eigenvalue weighted by atomic mass is 32.2. The number of nitrogens with one attached hydrogen (secondary N) is 4. The molecule has 4 amide bonds. The summed E-state index contributed by atoms with van der Waals surface area (Å²) in [6.45, 7) is 1.15. The van der Waals surface area contributed by atoms with Gasteiger partial charge < -0.3 is 35.9 Å². The number of thioether (sulfide) groups is 2. The summed E-state index contributed by atoms with van der Waals surface area (Å²) >= 11 is 3.28. The lowest BCUT2D eigenvalue weighted by atomic mass is 9.90. The molecule has 2 aromatic rings. The number of carbonyl (C=O) groups excluding carboxylic acids is 3. The summed E-state index contributed by atoms with van der Waals surface area (Å²) < 4.78 is 5.89. The molecule has 0 unspecified atom stereocenters. The Morgan fingerprint density at radius 1 is 0.885 bits per heavy atom. The number of phenolic OH excluding ortho intramolecular Hbond substituents is 1. The number of carboxylic acids is 1. The lowest BCUT2D eigenvalue weighted by Crippen LogP contribution is -2.36. The number of unbranched alkanes of at least 4 members (excludes halogenated alkanes) is 3. The van der Waals surface area contributed by atoms with Gasteiger partial charge in [-0.1, -0.05) is 18.6 Å². The number of aromatic hydroxyl groups is 1. The van der Waals surface area contributed by atoms with Crippen molar-refractivity contribution in [3.63, 3.8) is 0 Å². The minimum absolute atomic E-state index is 0.0217. The quantitative estimate of drug-likeness (QED) is 0.0469. The number of phenols is 1. The number of hydrogen-bond donors (Lipinski definition) is 6. The van der Waals surface area contributed by atoms with Crippen LogP contribution >= 0.6 is 23.5 Å². The maximum Gasteiger partial charge on any atom is 0.336 e. The van der Waals surface area contributed by atoms with Crippen LogP contribution in [-0.4, -0.2) is 76.0 Å². The molecule has 274 valence electrons. The molecule has 6 rings (SSSR count). The number of aromatic carboxylic acids is 1. The minimum atomic E-state index is -1.12. The summed E-state index contributed by atoms with van der Waals surface area (Å²) in [5.74, 6) is 0.700. The summed E-state index contributed by atoms with van der Waals surface area (Å²) in [4.78, 5) is 60.7. The molecule has 0 bridgehead atoms. The van der Waals surface area contributed by atoms with Crippen molar-refractivity contribution in [3.8, 4) is 28.2 Å². The predicted molar refractivity (Wildman–Crippen MR) is 203 cm³/mol. The van der Waals surface area contributed by atoms with E-state index in [9.17, 15) is 34.2 Å². The third-order valence-corrected chi connectivity index (χ3v) is 11.9. The zero-order valence-corrected chi connectivity index (χ0v) is 30.2. The van der Waals surface area contributed by atoms with Crippen LogP contribution in [0.1, 0.15) is 60.9 Å². The number of urea groups is 1. The summed E-state index contributed by atoms with van der Waals surface area (Å²) in [6, 6.07) is 14.4. The number of fused-ring (bicyclic) bond motifs is 3. The molecule has 6 N–H and O–H groups in total. The lowest BCUT2D eigenvalue weighted by molar-refractivity contribution is -0.121. The fourth-order valence-electron chi connectivity index (χ4n) is 6.78. The molecule has 3 heterocycles. The molecular formula is C38H42N4O8S2. The highest BCUT2D eigenvalue weighted by Crippen LogP contribution is 2.42. The van der Waals surface area contributed by atoms with E-state index < -0.39 is 5.97 Å². The first-order chi connectivity index (χ1) is 25.2. The van der Waals surface area contributed by atoms with Gasteiger partial charge in [0.1, 0.15) is 17.1 Å². The van der Waals surface area contributed by atoms with E-state index >= 15 is 0 Å². The first kappa shape index (κ1) is 37.1. The molecule has 3 atom stereocenters. The van der Waals surface area contributed by atoms with Gasteiger partial charge in [-0.15, -0.1) is 11.8 Å². The van der Waals surface area contributed by atoms with E-state index in [1.165, 1.54) is 36.0 Å². The van der Waals surface area contributed by atoms with E-state index in [0.29, 0.717) is 58.2 Å². The van der Waals surface area contributed by atoms with Gasteiger partial charge in [0.2, 0.25) is 11.8 Å². The van der Waals surface area contributed by atoms with Gasteiger partial charge in [-0.05, 0) is 73.6 Å². The molecule has 0 radical (unpaired) electrons. The summed E-state index contributed by atoms with van der Waals surface area (Å²) in [7, 11) is 0. The Balaban J connectivity index is 0.892. The van der Waals surface area contributed by atoms with Gasteiger partial charge in [-0.25, -0.2) is 9.59 Å². The van der Waals surface area contributed by atoms with Crippen LogP contribution in [0.2, 0.25) is 0 Å². The van der Waals surface area contributed by atoms with Crippen LogP contribution in [0, 0.1) is 0 Å². The number of carbonyl (C=O) groups is 4.